The first kappa shape index (κ1) is 16.2. The van der Waals surface area contributed by atoms with E-state index in [0.717, 1.165) is 10.0 Å². The van der Waals surface area contributed by atoms with Crippen LogP contribution in [0.4, 0.5) is 0 Å². The third-order valence-electron chi connectivity index (χ3n) is 3.90. The fraction of sp³-hybridized carbons (Fsp3) is 0.500. The maximum Gasteiger partial charge on any atom is 0.248 e. The van der Waals surface area contributed by atoms with Crippen LogP contribution in [0.3, 0.4) is 0 Å². The van der Waals surface area contributed by atoms with Crippen LogP contribution < -0.4 is 5.32 Å². The summed E-state index contributed by atoms with van der Waals surface area (Å²) in [7, 11) is 0. The van der Waals surface area contributed by atoms with Gasteiger partial charge in [-0.1, -0.05) is 38.8 Å². The zero-order valence-electron chi connectivity index (χ0n) is 12.8. The van der Waals surface area contributed by atoms with E-state index in [-0.39, 0.29) is 0 Å². The molecule has 0 aliphatic heterocycles. The lowest BCUT2D eigenvalue weighted by molar-refractivity contribution is 0.338. The normalized spacial score (nSPS) is 12.8. The highest BCUT2D eigenvalue weighted by Gasteiger charge is 2.15. The molecule has 0 amide bonds. The lowest BCUT2D eigenvalue weighted by Gasteiger charge is -2.21. The highest BCUT2D eigenvalue weighted by molar-refractivity contribution is 9.10. The molecule has 0 aliphatic rings. The molecule has 2 rings (SSSR count). The van der Waals surface area contributed by atoms with Crippen molar-refractivity contribution in [1.82, 2.24) is 15.5 Å². The Kier molecular flexibility index (Phi) is 5.94. The van der Waals surface area contributed by atoms with E-state index in [4.69, 9.17) is 4.42 Å². The van der Waals surface area contributed by atoms with Crippen LogP contribution in [0.15, 0.2) is 33.2 Å². The minimum Gasteiger partial charge on any atom is -0.419 e. The lowest BCUT2D eigenvalue weighted by atomic mass is 9.95. The Morgan fingerprint density at radius 1 is 1.19 bits per heavy atom. The molecular formula is C16H22BrN3O. The third kappa shape index (κ3) is 4.14. The van der Waals surface area contributed by atoms with Crippen LogP contribution >= 0.6 is 15.9 Å². The summed E-state index contributed by atoms with van der Waals surface area (Å²) in [6.07, 6.45) is 2.35. The second-order valence-electron chi connectivity index (χ2n) is 5.23. The maximum atomic E-state index is 5.73. The standard InChI is InChI=1S/C16H22BrN3O/c1-4-12(5-2)11(3)18-10-15-19-20-16(21-15)13-8-6-7-9-14(13)17/h6-9,11-12,18H,4-5,10H2,1-3H3. The van der Waals surface area contributed by atoms with Gasteiger partial charge in [-0.2, -0.15) is 0 Å². The van der Waals surface area contributed by atoms with Crippen molar-refractivity contribution >= 4 is 15.9 Å². The molecule has 0 saturated carbocycles. The summed E-state index contributed by atoms with van der Waals surface area (Å²) in [5, 5.41) is 11.7. The van der Waals surface area contributed by atoms with Crippen molar-refractivity contribution < 1.29 is 4.42 Å². The van der Waals surface area contributed by atoms with E-state index in [1.165, 1.54) is 12.8 Å². The van der Waals surface area contributed by atoms with Crippen LogP contribution in [0.25, 0.3) is 11.5 Å². The van der Waals surface area contributed by atoms with E-state index in [1.807, 2.05) is 24.3 Å². The van der Waals surface area contributed by atoms with Crippen molar-refractivity contribution in [2.24, 2.45) is 5.92 Å². The molecule has 1 atom stereocenters. The van der Waals surface area contributed by atoms with Crippen LogP contribution in [-0.4, -0.2) is 16.2 Å². The first-order chi connectivity index (χ1) is 10.2. The zero-order chi connectivity index (χ0) is 15.2. The summed E-state index contributed by atoms with van der Waals surface area (Å²) in [5.41, 5.74) is 0.921. The quantitative estimate of drug-likeness (QED) is 0.802. The monoisotopic (exact) mass is 351 g/mol. The summed E-state index contributed by atoms with van der Waals surface area (Å²) in [6.45, 7) is 7.27. The molecule has 0 aliphatic carbocycles. The van der Waals surface area contributed by atoms with Crippen molar-refractivity contribution in [2.45, 2.75) is 46.2 Å². The number of nitrogens with zero attached hydrogens (tertiary/aromatic N) is 2. The average Bonchev–Trinajstić information content (AvgIpc) is 2.95. The first-order valence-electron chi connectivity index (χ1n) is 7.46. The van der Waals surface area contributed by atoms with E-state index in [2.05, 4.69) is 52.2 Å². The van der Waals surface area contributed by atoms with Gasteiger partial charge in [0.25, 0.3) is 0 Å². The first-order valence-corrected chi connectivity index (χ1v) is 8.25. The van der Waals surface area contributed by atoms with Gasteiger partial charge in [-0.05, 0) is 40.9 Å². The van der Waals surface area contributed by atoms with Gasteiger partial charge < -0.3 is 9.73 Å². The zero-order valence-corrected chi connectivity index (χ0v) is 14.4. The van der Waals surface area contributed by atoms with Crippen molar-refractivity contribution in [1.29, 1.82) is 0 Å². The van der Waals surface area contributed by atoms with Gasteiger partial charge in [-0.15, -0.1) is 10.2 Å². The van der Waals surface area contributed by atoms with Crippen molar-refractivity contribution in [2.75, 3.05) is 0 Å². The number of benzene rings is 1. The SMILES string of the molecule is CCC(CC)C(C)NCc1nnc(-c2ccccc2Br)o1. The molecule has 2 aromatic rings. The third-order valence-corrected chi connectivity index (χ3v) is 4.59. The molecule has 1 N–H and O–H groups in total. The summed E-state index contributed by atoms with van der Waals surface area (Å²) >= 11 is 3.50. The number of rotatable bonds is 7. The lowest BCUT2D eigenvalue weighted by Crippen LogP contribution is -2.32. The van der Waals surface area contributed by atoms with E-state index in [1.54, 1.807) is 0 Å². The molecule has 1 aromatic heterocycles. The summed E-state index contributed by atoms with van der Waals surface area (Å²) in [4.78, 5) is 0. The van der Waals surface area contributed by atoms with Crippen LogP contribution in [0.2, 0.25) is 0 Å². The summed E-state index contributed by atoms with van der Waals surface area (Å²) in [5.74, 6) is 1.85. The van der Waals surface area contributed by atoms with Crippen LogP contribution in [0.1, 0.15) is 39.5 Å². The van der Waals surface area contributed by atoms with Gasteiger partial charge in [-0.25, -0.2) is 0 Å². The topological polar surface area (TPSA) is 51.0 Å². The Morgan fingerprint density at radius 3 is 2.57 bits per heavy atom. The van der Waals surface area contributed by atoms with Gasteiger partial charge >= 0.3 is 0 Å². The molecule has 0 bridgehead atoms. The molecule has 0 spiro atoms. The minimum atomic E-state index is 0.443. The predicted octanol–water partition coefficient (Wildman–Crippen LogP) is 4.41. The predicted molar refractivity (Wildman–Crippen MR) is 87.8 cm³/mol. The molecule has 5 heteroatoms. The number of aromatic nitrogens is 2. The molecule has 0 saturated heterocycles. The maximum absolute atomic E-state index is 5.73. The van der Waals surface area contributed by atoms with Gasteiger partial charge in [0.05, 0.1) is 12.1 Å². The van der Waals surface area contributed by atoms with Gasteiger partial charge in [-0.3, -0.25) is 0 Å². The van der Waals surface area contributed by atoms with Gasteiger partial charge in [0.1, 0.15) is 0 Å². The molecule has 114 valence electrons. The van der Waals surface area contributed by atoms with Gasteiger partial charge in [0, 0.05) is 10.5 Å². The number of nitrogens with one attached hydrogen (secondary N) is 1. The van der Waals surface area contributed by atoms with E-state index in [9.17, 15) is 0 Å². The second kappa shape index (κ2) is 7.71. The Morgan fingerprint density at radius 2 is 1.90 bits per heavy atom. The summed E-state index contributed by atoms with van der Waals surface area (Å²) < 4.78 is 6.69. The van der Waals surface area contributed by atoms with Crippen LogP contribution in [0, 0.1) is 5.92 Å². The summed E-state index contributed by atoms with van der Waals surface area (Å²) in [6, 6.07) is 8.29. The molecular weight excluding hydrogens is 330 g/mol. The number of hydrogen-bond donors (Lipinski definition) is 1. The Bertz CT molecular complexity index is 566. The van der Waals surface area contributed by atoms with E-state index >= 15 is 0 Å². The fourth-order valence-electron chi connectivity index (χ4n) is 2.48. The smallest absolute Gasteiger partial charge is 0.248 e. The molecule has 0 radical (unpaired) electrons. The van der Waals surface area contributed by atoms with Crippen molar-refractivity contribution in [3.8, 4) is 11.5 Å². The van der Waals surface area contributed by atoms with Gasteiger partial charge in [0.2, 0.25) is 11.8 Å². The van der Waals surface area contributed by atoms with Gasteiger partial charge in [0.15, 0.2) is 0 Å². The highest BCUT2D eigenvalue weighted by atomic mass is 79.9. The van der Waals surface area contributed by atoms with Crippen molar-refractivity contribution in [3.05, 3.63) is 34.6 Å². The molecule has 1 aromatic carbocycles. The second-order valence-corrected chi connectivity index (χ2v) is 6.08. The Hall–Kier alpha value is -1.20. The molecule has 1 heterocycles. The Labute approximate surface area is 134 Å². The van der Waals surface area contributed by atoms with Crippen LogP contribution in [0.5, 0.6) is 0 Å². The van der Waals surface area contributed by atoms with Crippen LogP contribution in [-0.2, 0) is 6.54 Å². The van der Waals surface area contributed by atoms with E-state index in [0.29, 0.717) is 30.3 Å². The highest BCUT2D eigenvalue weighted by Crippen LogP contribution is 2.26. The average molecular weight is 352 g/mol. The molecule has 21 heavy (non-hydrogen) atoms. The largest absolute Gasteiger partial charge is 0.419 e. The minimum absolute atomic E-state index is 0.443. The molecule has 1 unspecified atom stereocenters. The van der Waals surface area contributed by atoms with Crippen molar-refractivity contribution in [3.63, 3.8) is 0 Å². The number of hydrogen-bond acceptors (Lipinski definition) is 4. The number of halogens is 1. The molecule has 0 fully saturated rings. The Balaban J connectivity index is 1.99. The fourth-order valence-corrected chi connectivity index (χ4v) is 2.93. The van der Waals surface area contributed by atoms with E-state index < -0.39 is 0 Å². The molecule has 4 nitrogen and oxygen atoms in total.